The van der Waals surface area contributed by atoms with E-state index in [1.807, 2.05) is 0 Å². The quantitative estimate of drug-likeness (QED) is 0.0294. The van der Waals surface area contributed by atoms with E-state index >= 15 is 0 Å². The molecule has 1 amide bonds. The Morgan fingerprint density at radius 2 is 0.405 bits per heavy atom. The van der Waals surface area contributed by atoms with Gasteiger partial charge < -0.3 is 114 Å². The molecule has 0 heterocycles. The molecule has 0 aliphatic heterocycles. The number of nitrogens with one attached hydrogen (secondary N) is 1. The number of ether oxygens (including phenoxy) is 23. The van der Waals surface area contributed by atoms with E-state index in [0.717, 1.165) is 0 Å². The standard InChI is InChI=1S/C50H99BrN4O24/c51-49-50(56)53-1-3-57-5-7-59-9-11-61-13-15-63-17-19-65-21-23-67-25-27-69-29-31-71-33-35-73-37-39-75-41-43-77-45-47-79-48-46-78-44-42-76-40-38-74-36-34-72-32-30-70-28-26-68-24-22-66-20-18-64-16-14-62-12-10-60-8-6-58-4-2-54-55-52/h1-49H2,(H,53,56). The lowest BCUT2D eigenvalue weighted by atomic mass is 10.6. The highest BCUT2D eigenvalue weighted by Gasteiger charge is 2.01. The number of azide groups is 1. The molecule has 470 valence electrons. The van der Waals surface area contributed by atoms with Gasteiger partial charge in [0.2, 0.25) is 5.91 Å². The van der Waals surface area contributed by atoms with E-state index in [2.05, 4.69) is 31.3 Å². The summed E-state index contributed by atoms with van der Waals surface area (Å²) in [5.41, 5.74) is 8.17. The molecule has 0 fully saturated rings. The van der Waals surface area contributed by atoms with E-state index in [4.69, 9.17) is 114 Å². The third-order valence-corrected chi connectivity index (χ3v) is 9.78. The normalized spacial score (nSPS) is 11.5. The lowest BCUT2D eigenvalue weighted by Gasteiger charge is -2.09. The fourth-order valence-corrected chi connectivity index (χ4v) is 5.60. The van der Waals surface area contributed by atoms with Crippen molar-refractivity contribution in [3.05, 3.63) is 10.4 Å². The van der Waals surface area contributed by atoms with Crippen LogP contribution in [0.4, 0.5) is 0 Å². The lowest BCUT2D eigenvalue weighted by molar-refractivity contribution is -0.118. The van der Waals surface area contributed by atoms with E-state index in [-0.39, 0.29) is 11.2 Å². The Bertz CT molecular complexity index is 1200. The number of amides is 1. The lowest BCUT2D eigenvalue weighted by Crippen LogP contribution is -2.28. The van der Waals surface area contributed by atoms with E-state index in [9.17, 15) is 4.79 Å². The number of hydrogen-bond donors (Lipinski definition) is 1. The van der Waals surface area contributed by atoms with Crippen LogP contribution in [-0.2, 0) is 114 Å². The summed E-state index contributed by atoms with van der Waals surface area (Å²) in [6.07, 6.45) is 0. The van der Waals surface area contributed by atoms with Crippen molar-refractivity contribution in [2.75, 3.05) is 322 Å². The smallest absolute Gasteiger partial charge is 0.230 e. The molecule has 0 atom stereocenters. The first-order valence-electron chi connectivity index (χ1n) is 27.4. The summed E-state index contributed by atoms with van der Waals surface area (Å²) in [5, 5.41) is 6.37. The number of hydrogen-bond acceptors (Lipinski definition) is 25. The molecule has 1 N–H and O–H groups in total. The number of alkyl halides is 1. The van der Waals surface area contributed by atoms with Gasteiger partial charge in [0.05, 0.1) is 309 Å². The summed E-state index contributed by atoms with van der Waals surface area (Å²) in [5.74, 6) is -0.0630. The first-order valence-corrected chi connectivity index (χ1v) is 28.5. The largest absolute Gasteiger partial charge is 0.379 e. The van der Waals surface area contributed by atoms with Gasteiger partial charge >= 0.3 is 0 Å². The molecule has 28 nitrogen and oxygen atoms in total. The van der Waals surface area contributed by atoms with Crippen LogP contribution in [0.2, 0.25) is 0 Å². The van der Waals surface area contributed by atoms with Gasteiger partial charge in [-0.3, -0.25) is 4.79 Å². The number of rotatable bonds is 73. The predicted octanol–water partition coefficient (Wildman–Crippen LogP) is 1.19. The molecule has 0 aliphatic rings. The van der Waals surface area contributed by atoms with Gasteiger partial charge in [0.1, 0.15) is 0 Å². The number of carbonyl (C=O) groups is 1. The molecule has 0 aromatic heterocycles. The highest BCUT2D eigenvalue weighted by molar-refractivity contribution is 9.09. The Morgan fingerprint density at radius 1 is 0.266 bits per heavy atom. The minimum absolute atomic E-state index is 0.0630. The molecule has 0 aromatic carbocycles. The van der Waals surface area contributed by atoms with Gasteiger partial charge in [0.25, 0.3) is 0 Å². The number of halogens is 1. The van der Waals surface area contributed by atoms with E-state index < -0.39 is 0 Å². The van der Waals surface area contributed by atoms with Crippen molar-refractivity contribution in [2.24, 2.45) is 5.11 Å². The van der Waals surface area contributed by atoms with Gasteiger partial charge in [-0.2, -0.15) is 0 Å². The van der Waals surface area contributed by atoms with E-state index in [1.165, 1.54) is 0 Å². The molecule has 0 radical (unpaired) electrons. The predicted molar refractivity (Wildman–Crippen MR) is 290 cm³/mol. The Balaban J connectivity index is 3.09. The Kier molecular flexibility index (Phi) is 72.8. The van der Waals surface area contributed by atoms with Crippen LogP contribution in [0.5, 0.6) is 0 Å². The average Bonchev–Trinajstić information content (AvgIpc) is 3.46. The summed E-state index contributed by atoms with van der Waals surface area (Å²) < 4.78 is 126. The molecule has 0 spiro atoms. The summed E-state index contributed by atoms with van der Waals surface area (Å²) in [7, 11) is 0. The molecule has 29 heteroatoms. The summed E-state index contributed by atoms with van der Waals surface area (Å²) in [6, 6.07) is 0. The van der Waals surface area contributed by atoms with Crippen LogP contribution < -0.4 is 5.32 Å². The fraction of sp³-hybridized carbons (Fsp3) is 0.980. The molecule has 0 aliphatic carbocycles. The molecular formula is C50H99BrN4O24. The van der Waals surface area contributed by atoms with Gasteiger partial charge in [0, 0.05) is 18.0 Å². The molecule has 0 saturated heterocycles. The van der Waals surface area contributed by atoms with Crippen molar-refractivity contribution in [1.29, 1.82) is 0 Å². The Labute approximate surface area is 477 Å². The second-order valence-electron chi connectivity index (χ2n) is 15.5. The SMILES string of the molecule is [N-]=[N+]=NCCOCCOCCOCCOCCOCCOCCOCCOCCOCCOCCOCCOCCOCCOCCOCCOCCOCCOCCOCCOCCOCCOCCOCCNC(=O)CBr. The van der Waals surface area contributed by atoms with Gasteiger partial charge in [0.15, 0.2) is 0 Å². The van der Waals surface area contributed by atoms with Crippen LogP contribution in [0.3, 0.4) is 0 Å². The summed E-state index contributed by atoms with van der Waals surface area (Å²) in [4.78, 5) is 13.7. The van der Waals surface area contributed by atoms with Crippen molar-refractivity contribution in [3.8, 4) is 0 Å². The van der Waals surface area contributed by atoms with Crippen molar-refractivity contribution in [1.82, 2.24) is 5.32 Å². The number of carbonyl (C=O) groups excluding carboxylic acids is 1. The second kappa shape index (κ2) is 74.4. The third-order valence-electron chi connectivity index (χ3n) is 9.27. The van der Waals surface area contributed by atoms with Gasteiger partial charge in [-0.1, -0.05) is 21.0 Å². The fourth-order valence-electron chi connectivity index (χ4n) is 5.40. The van der Waals surface area contributed by atoms with Crippen LogP contribution in [0.15, 0.2) is 5.11 Å². The zero-order valence-corrected chi connectivity index (χ0v) is 48.8. The first kappa shape index (κ1) is 77.3. The average molecular weight is 1220 g/mol. The maximum atomic E-state index is 11.1. The highest BCUT2D eigenvalue weighted by Crippen LogP contribution is 1.91. The van der Waals surface area contributed by atoms with Crippen molar-refractivity contribution >= 4 is 21.8 Å². The molecule has 0 aromatic rings. The molecule has 79 heavy (non-hydrogen) atoms. The van der Waals surface area contributed by atoms with Crippen LogP contribution in [0.1, 0.15) is 0 Å². The van der Waals surface area contributed by atoms with Gasteiger partial charge in [-0.05, 0) is 5.53 Å². The maximum absolute atomic E-state index is 11.1. The Morgan fingerprint density at radius 3 is 0.544 bits per heavy atom. The molecule has 0 bridgehead atoms. The first-order chi connectivity index (χ1) is 39.3. The van der Waals surface area contributed by atoms with Crippen LogP contribution in [0.25, 0.3) is 10.4 Å². The minimum Gasteiger partial charge on any atom is -0.379 e. The zero-order chi connectivity index (χ0) is 56.6. The minimum atomic E-state index is -0.0630. The van der Waals surface area contributed by atoms with Crippen molar-refractivity contribution in [3.63, 3.8) is 0 Å². The molecule has 0 rings (SSSR count). The van der Waals surface area contributed by atoms with E-state index in [0.29, 0.717) is 317 Å². The maximum Gasteiger partial charge on any atom is 0.230 e. The van der Waals surface area contributed by atoms with Crippen LogP contribution in [-0.4, -0.2) is 328 Å². The molecule has 0 unspecified atom stereocenters. The van der Waals surface area contributed by atoms with E-state index in [1.54, 1.807) is 0 Å². The molecular weight excluding hydrogens is 1120 g/mol. The summed E-state index contributed by atoms with van der Waals surface area (Å²) >= 11 is 3.08. The van der Waals surface area contributed by atoms with Gasteiger partial charge in [-0.25, -0.2) is 0 Å². The molecule has 0 saturated carbocycles. The van der Waals surface area contributed by atoms with Crippen LogP contribution in [0, 0.1) is 0 Å². The third kappa shape index (κ3) is 74.3. The van der Waals surface area contributed by atoms with Crippen molar-refractivity contribution in [2.45, 2.75) is 0 Å². The topological polar surface area (TPSA) is 290 Å². The van der Waals surface area contributed by atoms with Crippen molar-refractivity contribution < 1.29 is 114 Å². The van der Waals surface area contributed by atoms with Gasteiger partial charge in [-0.15, -0.1) is 0 Å². The summed E-state index contributed by atoms with van der Waals surface area (Å²) in [6.45, 7) is 22.8. The number of nitrogens with zero attached hydrogens (tertiary/aromatic N) is 3. The van der Waals surface area contributed by atoms with Crippen LogP contribution >= 0.6 is 15.9 Å². The zero-order valence-electron chi connectivity index (χ0n) is 47.2. The second-order valence-corrected chi connectivity index (χ2v) is 16.1. The highest BCUT2D eigenvalue weighted by atomic mass is 79.9. The Hall–Kier alpha value is -1.66. The monoisotopic (exact) mass is 1220 g/mol.